The van der Waals surface area contributed by atoms with Crippen LogP contribution in [0.2, 0.25) is 0 Å². The van der Waals surface area contributed by atoms with Gasteiger partial charge in [0.25, 0.3) is 5.91 Å². The van der Waals surface area contributed by atoms with Gasteiger partial charge in [-0.1, -0.05) is 12.1 Å². The Hall–Kier alpha value is -3.42. The van der Waals surface area contributed by atoms with Crippen LogP contribution in [0, 0.1) is 17.5 Å². The van der Waals surface area contributed by atoms with Crippen molar-refractivity contribution >= 4 is 17.4 Å². The average molecular weight is 358 g/mol. The highest BCUT2D eigenvalue weighted by atomic mass is 19.1. The number of aromatic nitrogens is 2. The van der Waals surface area contributed by atoms with Crippen molar-refractivity contribution in [2.24, 2.45) is 0 Å². The number of amides is 1. The Morgan fingerprint density at radius 1 is 0.923 bits per heavy atom. The number of benzene rings is 2. The molecular weight excluding hydrogens is 345 g/mol. The Morgan fingerprint density at radius 3 is 2.38 bits per heavy atom. The SMILES string of the molecule is O=C(NCc1ccc(F)cc1)c1cc(Nc2ccc(F)cc2F)ncn1. The third kappa shape index (κ3) is 4.35. The summed E-state index contributed by atoms with van der Waals surface area (Å²) in [5.74, 6) is -2.14. The maximum Gasteiger partial charge on any atom is 0.270 e. The fourth-order valence-electron chi connectivity index (χ4n) is 2.15. The molecule has 0 aliphatic heterocycles. The summed E-state index contributed by atoms with van der Waals surface area (Å²) in [5, 5.41) is 5.30. The highest BCUT2D eigenvalue weighted by Crippen LogP contribution is 2.19. The maximum absolute atomic E-state index is 13.7. The number of carbonyl (C=O) groups excluding carboxylic acids is 1. The molecule has 3 aromatic rings. The molecule has 2 N–H and O–H groups in total. The van der Waals surface area contributed by atoms with Crippen molar-refractivity contribution < 1.29 is 18.0 Å². The third-order valence-electron chi connectivity index (χ3n) is 3.46. The molecule has 0 saturated heterocycles. The summed E-state index contributed by atoms with van der Waals surface area (Å²) in [6.07, 6.45) is 1.15. The van der Waals surface area contributed by atoms with E-state index in [0.29, 0.717) is 0 Å². The van der Waals surface area contributed by atoms with Crippen LogP contribution in [0.15, 0.2) is 54.9 Å². The van der Waals surface area contributed by atoms with Crippen LogP contribution in [0.5, 0.6) is 0 Å². The molecule has 1 aromatic heterocycles. The summed E-state index contributed by atoms with van der Waals surface area (Å²) in [7, 11) is 0. The molecule has 0 aliphatic rings. The van der Waals surface area contributed by atoms with E-state index >= 15 is 0 Å². The molecule has 0 spiro atoms. The van der Waals surface area contributed by atoms with Gasteiger partial charge in [-0.05, 0) is 29.8 Å². The van der Waals surface area contributed by atoms with Gasteiger partial charge in [-0.25, -0.2) is 23.1 Å². The Kier molecular flexibility index (Phi) is 5.12. The van der Waals surface area contributed by atoms with Gasteiger partial charge in [-0.3, -0.25) is 4.79 Å². The summed E-state index contributed by atoms with van der Waals surface area (Å²) in [4.78, 5) is 19.9. The fourth-order valence-corrected chi connectivity index (χ4v) is 2.15. The zero-order chi connectivity index (χ0) is 18.5. The van der Waals surface area contributed by atoms with Gasteiger partial charge in [-0.15, -0.1) is 0 Å². The van der Waals surface area contributed by atoms with Crippen molar-refractivity contribution in [1.82, 2.24) is 15.3 Å². The van der Waals surface area contributed by atoms with Gasteiger partial charge in [-0.2, -0.15) is 0 Å². The number of nitrogens with one attached hydrogen (secondary N) is 2. The van der Waals surface area contributed by atoms with Crippen LogP contribution < -0.4 is 10.6 Å². The molecule has 3 rings (SSSR count). The Bertz CT molecular complexity index is 932. The first-order valence-corrected chi connectivity index (χ1v) is 7.58. The van der Waals surface area contributed by atoms with Crippen LogP contribution in [0.4, 0.5) is 24.7 Å². The zero-order valence-electron chi connectivity index (χ0n) is 13.3. The summed E-state index contributed by atoms with van der Waals surface area (Å²) in [6, 6.07) is 10.1. The minimum Gasteiger partial charge on any atom is -0.347 e. The summed E-state index contributed by atoms with van der Waals surface area (Å²) in [5.41, 5.74) is 0.801. The average Bonchev–Trinajstić information content (AvgIpc) is 2.63. The largest absolute Gasteiger partial charge is 0.347 e. The molecule has 0 aliphatic carbocycles. The number of hydrogen-bond donors (Lipinski definition) is 2. The van der Waals surface area contributed by atoms with Crippen LogP contribution in [-0.2, 0) is 6.54 Å². The van der Waals surface area contributed by atoms with Gasteiger partial charge in [0.2, 0.25) is 0 Å². The van der Waals surface area contributed by atoms with E-state index in [1.54, 1.807) is 12.1 Å². The van der Waals surface area contributed by atoms with Gasteiger partial charge >= 0.3 is 0 Å². The highest BCUT2D eigenvalue weighted by molar-refractivity contribution is 5.92. The van der Waals surface area contributed by atoms with E-state index in [4.69, 9.17) is 0 Å². The van der Waals surface area contributed by atoms with Gasteiger partial charge < -0.3 is 10.6 Å². The number of hydrogen-bond acceptors (Lipinski definition) is 4. The molecular formula is C18H13F3N4O. The second-order valence-electron chi connectivity index (χ2n) is 5.35. The summed E-state index contributed by atoms with van der Waals surface area (Å²) >= 11 is 0. The second kappa shape index (κ2) is 7.64. The van der Waals surface area contributed by atoms with E-state index in [-0.39, 0.29) is 29.6 Å². The van der Waals surface area contributed by atoms with Crippen molar-refractivity contribution in [3.05, 3.63) is 83.6 Å². The van der Waals surface area contributed by atoms with E-state index in [1.807, 2.05) is 0 Å². The number of nitrogens with zero attached hydrogens (tertiary/aromatic N) is 2. The van der Waals surface area contributed by atoms with Crippen LogP contribution in [0.3, 0.4) is 0 Å². The lowest BCUT2D eigenvalue weighted by atomic mass is 10.2. The minimum atomic E-state index is -0.786. The smallest absolute Gasteiger partial charge is 0.270 e. The summed E-state index contributed by atoms with van der Waals surface area (Å²) in [6.45, 7) is 0.193. The summed E-state index contributed by atoms with van der Waals surface area (Å²) < 4.78 is 39.5. The Morgan fingerprint density at radius 2 is 1.65 bits per heavy atom. The van der Waals surface area contributed by atoms with Crippen LogP contribution in [-0.4, -0.2) is 15.9 Å². The van der Waals surface area contributed by atoms with Gasteiger partial charge in [0.15, 0.2) is 0 Å². The van der Waals surface area contributed by atoms with Gasteiger partial charge in [0, 0.05) is 18.7 Å². The molecule has 132 valence electrons. The fraction of sp³-hybridized carbons (Fsp3) is 0.0556. The molecule has 1 heterocycles. The second-order valence-corrected chi connectivity index (χ2v) is 5.35. The highest BCUT2D eigenvalue weighted by Gasteiger charge is 2.10. The number of halogens is 3. The Labute approximate surface area is 146 Å². The lowest BCUT2D eigenvalue weighted by molar-refractivity contribution is 0.0946. The molecule has 5 nitrogen and oxygen atoms in total. The maximum atomic E-state index is 13.7. The normalized spacial score (nSPS) is 10.4. The predicted octanol–water partition coefficient (Wildman–Crippen LogP) is 3.57. The van der Waals surface area contributed by atoms with E-state index in [2.05, 4.69) is 20.6 Å². The first kappa shape index (κ1) is 17.4. The monoisotopic (exact) mass is 358 g/mol. The predicted molar refractivity (Wildman–Crippen MR) is 89.2 cm³/mol. The molecule has 1 amide bonds. The van der Waals surface area contributed by atoms with E-state index in [9.17, 15) is 18.0 Å². The molecule has 0 atom stereocenters. The van der Waals surface area contributed by atoms with Gasteiger partial charge in [0.1, 0.15) is 35.3 Å². The quantitative estimate of drug-likeness (QED) is 0.732. The van der Waals surface area contributed by atoms with Crippen LogP contribution >= 0.6 is 0 Å². The van der Waals surface area contributed by atoms with Gasteiger partial charge in [0.05, 0.1) is 5.69 Å². The van der Waals surface area contributed by atoms with Crippen LogP contribution in [0.25, 0.3) is 0 Å². The van der Waals surface area contributed by atoms with Crippen molar-refractivity contribution in [3.63, 3.8) is 0 Å². The van der Waals surface area contributed by atoms with Crippen molar-refractivity contribution in [3.8, 4) is 0 Å². The molecule has 26 heavy (non-hydrogen) atoms. The molecule has 0 fully saturated rings. The molecule has 0 saturated carbocycles. The number of anilines is 2. The number of rotatable bonds is 5. The zero-order valence-corrected chi connectivity index (χ0v) is 13.3. The van der Waals surface area contributed by atoms with Crippen molar-refractivity contribution in [1.29, 1.82) is 0 Å². The first-order chi connectivity index (χ1) is 12.5. The minimum absolute atomic E-state index is 0.0165. The lowest BCUT2D eigenvalue weighted by Gasteiger charge is -2.08. The van der Waals surface area contributed by atoms with E-state index in [0.717, 1.165) is 24.0 Å². The van der Waals surface area contributed by atoms with E-state index in [1.165, 1.54) is 24.3 Å². The first-order valence-electron chi connectivity index (χ1n) is 7.58. The van der Waals surface area contributed by atoms with Crippen molar-refractivity contribution in [2.75, 3.05) is 5.32 Å². The molecule has 0 bridgehead atoms. The molecule has 2 aromatic carbocycles. The third-order valence-corrected chi connectivity index (χ3v) is 3.46. The molecule has 8 heteroatoms. The van der Waals surface area contributed by atoms with Crippen LogP contribution in [0.1, 0.15) is 16.1 Å². The number of carbonyl (C=O) groups is 1. The topological polar surface area (TPSA) is 66.9 Å². The Balaban J connectivity index is 1.68. The van der Waals surface area contributed by atoms with E-state index < -0.39 is 17.5 Å². The molecule has 0 radical (unpaired) electrons. The molecule has 0 unspecified atom stereocenters. The van der Waals surface area contributed by atoms with Crippen molar-refractivity contribution in [2.45, 2.75) is 6.54 Å². The lowest BCUT2D eigenvalue weighted by Crippen LogP contribution is -2.24. The standard InChI is InChI=1S/C18H13F3N4O/c19-12-3-1-11(2-4-12)9-22-18(26)16-8-17(24-10-23-16)25-15-6-5-13(20)7-14(15)21/h1-8,10H,9H2,(H,22,26)(H,23,24,25).